The molecule has 1 atom stereocenters. The topological polar surface area (TPSA) is 47.6 Å². The van der Waals surface area contributed by atoms with Gasteiger partial charge in [-0.15, -0.1) is 0 Å². The quantitative estimate of drug-likeness (QED) is 0.764. The van der Waals surface area contributed by atoms with E-state index in [9.17, 15) is 4.57 Å². The van der Waals surface area contributed by atoms with E-state index >= 15 is 0 Å². The second-order valence-corrected chi connectivity index (χ2v) is 7.07. The normalized spacial score (nSPS) is 12.9. The lowest BCUT2D eigenvalue weighted by Crippen LogP contribution is -2.14. The summed E-state index contributed by atoms with van der Waals surface area (Å²) in [6.45, 7) is 0. The Bertz CT molecular complexity index is 628. The Balaban J connectivity index is 2.45. The Morgan fingerprint density at radius 2 is 1.57 bits per heavy atom. The molecule has 0 radical (unpaired) electrons. The predicted octanol–water partition coefficient (Wildman–Crippen LogP) is 4.94. The minimum absolute atomic E-state index is 0.500. The number of halogens is 1. The summed E-state index contributed by atoms with van der Waals surface area (Å²) in [5.41, 5.74) is 1.46. The Morgan fingerprint density at radius 3 is 2.14 bits per heavy atom. The molecular weight excluding hydrogens is 309 g/mol. The highest BCUT2D eigenvalue weighted by molar-refractivity contribution is 7.54. The van der Waals surface area contributed by atoms with Gasteiger partial charge in [-0.25, -0.2) is 0 Å². The number of rotatable bonds is 6. The molecule has 0 spiro atoms. The SMILES string of the molecule is COP(=O)(OC)C(Nc1ccccc1)c1ccccc1Cl. The van der Waals surface area contributed by atoms with E-state index in [-0.39, 0.29) is 0 Å². The molecule has 21 heavy (non-hydrogen) atoms. The number of hydrogen-bond acceptors (Lipinski definition) is 4. The summed E-state index contributed by atoms with van der Waals surface area (Å²) >= 11 is 6.23. The first-order chi connectivity index (χ1) is 10.1. The van der Waals surface area contributed by atoms with Crippen LogP contribution in [0.4, 0.5) is 5.69 Å². The van der Waals surface area contributed by atoms with Gasteiger partial charge in [0.15, 0.2) is 5.78 Å². The van der Waals surface area contributed by atoms with E-state index in [1.165, 1.54) is 14.2 Å². The molecule has 2 aromatic rings. The molecule has 0 fully saturated rings. The Labute approximate surface area is 129 Å². The molecule has 0 aliphatic heterocycles. The molecule has 2 aromatic carbocycles. The number of hydrogen-bond donors (Lipinski definition) is 1. The fourth-order valence-corrected chi connectivity index (χ4v) is 3.77. The molecule has 1 N–H and O–H groups in total. The molecule has 2 rings (SSSR count). The van der Waals surface area contributed by atoms with Gasteiger partial charge in [-0.2, -0.15) is 0 Å². The van der Waals surface area contributed by atoms with Gasteiger partial charge in [-0.1, -0.05) is 48.0 Å². The number of nitrogens with one attached hydrogen (secondary N) is 1. The average molecular weight is 326 g/mol. The molecule has 0 aliphatic rings. The van der Waals surface area contributed by atoms with Crippen molar-refractivity contribution in [2.45, 2.75) is 5.78 Å². The minimum atomic E-state index is -3.40. The van der Waals surface area contributed by atoms with Crippen LogP contribution < -0.4 is 5.32 Å². The van der Waals surface area contributed by atoms with Gasteiger partial charge in [0.2, 0.25) is 0 Å². The molecule has 0 saturated heterocycles. The van der Waals surface area contributed by atoms with Crippen LogP contribution in [0.15, 0.2) is 54.6 Å². The Kier molecular flexibility index (Phi) is 5.43. The molecule has 4 nitrogen and oxygen atoms in total. The van der Waals surface area contributed by atoms with Crippen LogP contribution in [-0.4, -0.2) is 14.2 Å². The molecular formula is C15H17ClNO3P. The van der Waals surface area contributed by atoms with Crippen LogP contribution in [0.5, 0.6) is 0 Å². The van der Waals surface area contributed by atoms with Crippen molar-refractivity contribution in [1.82, 2.24) is 0 Å². The number of anilines is 1. The highest BCUT2D eigenvalue weighted by Gasteiger charge is 2.36. The van der Waals surface area contributed by atoms with Crippen molar-refractivity contribution in [2.24, 2.45) is 0 Å². The lowest BCUT2D eigenvalue weighted by atomic mass is 10.2. The van der Waals surface area contributed by atoms with Gasteiger partial charge in [0.25, 0.3) is 0 Å². The van der Waals surface area contributed by atoms with Crippen LogP contribution in [0.25, 0.3) is 0 Å². The zero-order valence-electron chi connectivity index (χ0n) is 11.8. The van der Waals surface area contributed by atoms with Crippen molar-refractivity contribution < 1.29 is 13.6 Å². The van der Waals surface area contributed by atoms with Crippen molar-refractivity contribution in [2.75, 3.05) is 19.5 Å². The fourth-order valence-electron chi connectivity index (χ4n) is 2.00. The van der Waals surface area contributed by atoms with Crippen LogP contribution >= 0.6 is 19.2 Å². The van der Waals surface area contributed by atoms with Crippen molar-refractivity contribution in [1.29, 1.82) is 0 Å². The summed E-state index contributed by atoms with van der Waals surface area (Å²) in [6.07, 6.45) is 0. The van der Waals surface area contributed by atoms with Crippen molar-refractivity contribution in [3.8, 4) is 0 Å². The second-order valence-electron chi connectivity index (χ2n) is 4.34. The van der Waals surface area contributed by atoms with Crippen LogP contribution in [0.2, 0.25) is 5.02 Å². The minimum Gasteiger partial charge on any atom is -0.368 e. The fraction of sp³-hybridized carbons (Fsp3) is 0.200. The molecule has 0 aliphatic carbocycles. The van der Waals surface area contributed by atoms with E-state index in [0.29, 0.717) is 10.6 Å². The predicted molar refractivity (Wildman–Crippen MR) is 85.9 cm³/mol. The van der Waals surface area contributed by atoms with Gasteiger partial charge in [0.05, 0.1) is 0 Å². The third kappa shape index (κ3) is 3.66. The van der Waals surface area contributed by atoms with Crippen LogP contribution in [0.1, 0.15) is 11.3 Å². The van der Waals surface area contributed by atoms with E-state index in [4.69, 9.17) is 20.6 Å². The van der Waals surface area contributed by atoms with Gasteiger partial charge in [-0.05, 0) is 18.2 Å². The van der Waals surface area contributed by atoms with Gasteiger partial charge in [0, 0.05) is 30.5 Å². The molecule has 1 unspecified atom stereocenters. The standard InChI is InChI=1S/C15H17ClNO3P/c1-19-21(18,20-2)15(13-10-6-7-11-14(13)16)17-12-8-4-3-5-9-12/h3-11,15,17H,1-2H3. The molecule has 0 heterocycles. The lowest BCUT2D eigenvalue weighted by Gasteiger charge is -2.27. The molecule has 0 bridgehead atoms. The molecule has 0 saturated carbocycles. The molecule has 0 aromatic heterocycles. The average Bonchev–Trinajstić information content (AvgIpc) is 2.54. The van der Waals surface area contributed by atoms with Crippen molar-refractivity contribution >= 4 is 24.9 Å². The maximum atomic E-state index is 12.8. The maximum Gasteiger partial charge on any atom is 0.356 e. The summed E-state index contributed by atoms with van der Waals surface area (Å²) in [4.78, 5) is 0. The summed E-state index contributed by atoms with van der Waals surface area (Å²) in [6, 6.07) is 16.6. The lowest BCUT2D eigenvalue weighted by molar-refractivity contribution is 0.268. The van der Waals surface area contributed by atoms with Gasteiger partial charge >= 0.3 is 7.60 Å². The highest BCUT2D eigenvalue weighted by Crippen LogP contribution is 2.60. The molecule has 112 valence electrons. The monoisotopic (exact) mass is 325 g/mol. The first kappa shape index (κ1) is 16.1. The summed E-state index contributed by atoms with van der Waals surface area (Å²) in [5.74, 6) is -0.691. The van der Waals surface area contributed by atoms with Crippen molar-refractivity contribution in [3.05, 3.63) is 65.2 Å². The zero-order chi connectivity index (χ0) is 15.3. The van der Waals surface area contributed by atoms with Gasteiger partial charge in [0.1, 0.15) is 0 Å². The highest BCUT2D eigenvalue weighted by atomic mass is 35.5. The van der Waals surface area contributed by atoms with Gasteiger partial charge < -0.3 is 14.4 Å². The van der Waals surface area contributed by atoms with E-state index in [2.05, 4.69) is 5.32 Å². The number of benzene rings is 2. The van der Waals surface area contributed by atoms with E-state index in [0.717, 1.165) is 5.69 Å². The van der Waals surface area contributed by atoms with Gasteiger partial charge in [-0.3, -0.25) is 4.57 Å². The molecule has 0 amide bonds. The largest absolute Gasteiger partial charge is 0.368 e. The molecule has 6 heteroatoms. The van der Waals surface area contributed by atoms with Crippen LogP contribution in [0, 0.1) is 0 Å². The second kappa shape index (κ2) is 7.10. The van der Waals surface area contributed by atoms with E-state index in [1.54, 1.807) is 12.1 Å². The Morgan fingerprint density at radius 1 is 1.00 bits per heavy atom. The number of para-hydroxylation sites is 1. The van der Waals surface area contributed by atoms with Crippen molar-refractivity contribution in [3.63, 3.8) is 0 Å². The van der Waals surface area contributed by atoms with E-state index < -0.39 is 13.4 Å². The van der Waals surface area contributed by atoms with Crippen LogP contribution in [-0.2, 0) is 13.6 Å². The third-order valence-electron chi connectivity index (χ3n) is 3.10. The summed E-state index contributed by atoms with van der Waals surface area (Å²) < 4.78 is 23.1. The first-order valence-corrected chi connectivity index (χ1v) is 8.37. The smallest absolute Gasteiger partial charge is 0.356 e. The third-order valence-corrected chi connectivity index (χ3v) is 5.50. The Hall–Kier alpha value is -1.32. The zero-order valence-corrected chi connectivity index (χ0v) is 13.5. The maximum absolute atomic E-state index is 12.8. The summed E-state index contributed by atoms with van der Waals surface area (Å²) in [5, 5.41) is 3.68. The van der Waals surface area contributed by atoms with Crippen LogP contribution in [0.3, 0.4) is 0 Å². The first-order valence-electron chi connectivity index (χ1n) is 6.38. The summed E-state index contributed by atoms with van der Waals surface area (Å²) in [7, 11) is -0.677. The van der Waals surface area contributed by atoms with E-state index in [1.807, 2.05) is 42.5 Å².